The quantitative estimate of drug-likeness (QED) is 0.251. The highest BCUT2D eigenvalue weighted by Gasteiger charge is 2.32. The maximum absolute atomic E-state index is 11.7. The Morgan fingerprint density at radius 1 is 1.09 bits per heavy atom. The Morgan fingerprint density at radius 3 is 2.52 bits per heavy atom. The third-order valence-electron chi connectivity index (χ3n) is 6.42. The molecule has 0 fully saturated rings. The third kappa shape index (κ3) is 5.65. The number of aromatic amines is 1. The zero-order valence-electron chi connectivity index (χ0n) is 19.7. The van der Waals surface area contributed by atoms with Crippen LogP contribution in [0.25, 0.3) is 10.9 Å². The molecule has 1 aromatic heterocycles. The minimum Gasteiger partial charge on any atom is -0.361 e. The first kappa shape index (κ1) is 23.1. The molecule has 172 valence electrons. The number of H-pyrrole nitrogens is 1. The van der Waals surface area contributed by atoms with Crippen molar-refractivity contribution in [2.24, 2.45) is 11.3 Å². The summed E-state index contributed by atoms with van der Waals surface area (Å²) in [7, 11) is 0. The Balaban J connectivity index is 1.42. The molecule has 0 saturated carbocycles. The van der Waals surface area contributed by atoms with Crippen LogP contribution in [0.1, 0.15) is 49.8 Å². The highest BCUT2D eigenvalue weighted by atomic mass is 16.5. The Morgan fingerprint density at radius 2 is 1.85 bits per heavy atom. The highest BCUT2D eigenvalue weighted by Crippen LogP contribution is 2.30. The molecule has 4 rings (SSSR count). The predicted molar refractivity (Wildman–Crippen MR) is 132 cm³/mol. The van der Waals surface area contributed by atoms with Crippen molar-refractivity contribution >= 4 is 16.8 Å². The van der Waals surface area contributed by atoms with Crippen molar-refractivity contribution in [1.82, 2.24) is 15.4 Å². The average Bonchev–Trinajstić information content (AvgIpc) is 3.18. The van der Waals surface area contributed by atoms with Crippen molar-refractivity contribution in [2.45, 2.75) is 46.1 Å². The Labute approximate surface area is 196 Å². The molecule has 0 bridgehead atoms. The van der Waals surface area contributed by atoms with Gasteiger partial charge >= 0.3 is 0 Å². The van der Waals surface area contributed by atoms with Gasteiger partial charge in [-0.05, 0) is 47.6 Å². The van der Waals surface area contributed by atoms with Crippen LogP contribution in [-0.2, 0) is 17.8 Å². The maximum Gasteiger partial charge on any atom is 0.260 e. The summed E-state index contributed by atoms with van der Waals surface area (Å²) in [5, 5.41) is 10.2. The molecule has 0 aliphatic heterocycles. The van der Waals surface area contributed by atoms with Gasteiger partial charge in [0.25, 0.3) is 5.91 Å². The fraction of sp³-hybridized carbons (Fsp3) is 0.393. The summed E-state index contributed by atoms with van der Waals surface area (Å²) in [4.78, 5) is 17.6. The second-order valence-corrected chi connectivity index (χ2v) is 10.2. The minimum absolute atomic E-state index is 0.148. The predicted octanol–water partition coefficient (Wildman–Crippen LogP) is 4.87. The minimum atomic E-state index is -0.472. The number of fused-ring (bicyclic) bond motifs is 1. The summed E-state index contributed by atoms with van der Waals surface area (Å²) < 4.78 is 0. The highest BCUT2D eigenvalue weighted by molar-refractivity contribution is 5.84. The van der Waals surface area contributed by atoms with Gasteiger partial charge in [0.15, 0.2) is 0 Å². The molecule has 0 radical (unpaired) electrons. The lowest BCUT2D eigenvalue weighted by molar-refractivity contribution is -0.132. The van der Waals surface area contributed by atoms with Crippen molar-refractivity contribution in [3.05, 3.63) is 71.4 Å². The molecule has 0 spiro atoms. The summed E-state index contributed by atoms with van der Waals surface area (Å²) in [6.07, 6.45) is 4.27. The summed E-state index contributed by atoms with van der Waals surface area (Å²) in [5.41, 5.74) is 6.82. The Kier molecular flexibility index (Phi) is 6.88. The summed E-state index contributed by atoms with van der Waals surface area (Å²) in [6, 6.07) is 16.9. The number of hydrogen-bond donors (Lipinski definition) is 3. The van der Waals surface area contributed by atoms with Crippen LogP contribution in [-0.4, -0.2) is 34.1 Å². The van der Waals surface area contributed by atoms with E-state index in [2.05, 4.69) is 97.2 Å². The Bertz CT molecular complexity index is 1160. The van der Waals surface area contributed by atoms with Crippen LogP contribution in [0.3, 0.4) is 0 Å². The van der Waals surface area contributed by atoms with E-state index in [1.807, 2.05) is 0 Å². The standard InChI is InChI=1S/C28H33N3O2/c1-28(2,3)15-17-31(16-14-22-18-29-26-7-5-4-6-24(22)26)19-20-8-10-21(11-9-20)23-12-13-25(23)27(32)30-33/h4-11,18,23,25,29,33H,14-17,19H2,1-3H3,(H,30,32). The van der Waals surface area contributed by atoms with Crippen molar-refractivity contribution in [1.29, 1.82) is 0 Å². The lowest BCUT2D eigenvalue weighted by Gasteiger charge is -2.27. The number of hydroxylamine groups is 1. The molecule has 2 unspecified atom stereocenters. The normalized spacial score (nSPS) is 17.5. The molecule has 1 aliphatic carbocycles. The van der Waals surface area contributed by atoms with Crippen LogP contribution < -0.4 is 5.48 Å². The van der Waals surface area contributed by atoms with E-state index >= 15 is 0 Å². The summed E-state index contributed by atoms with van der Waals surface area (Å²) in [5.74, 6) is 4.82. The number of para-hydroxylation sites is 1. The van der Waals surface area contributed by atoms with Crippen molar-refractivity contribution in [3.63, 3.8) is 0 Å². The smallest absolute Gasteiger partial charge is 0.260 e. The average molecular weight is 444 g/mol. The molecule has 3 N–H and O–H groups in total. The van der Waals surface area contributed by atoms with Crippen LogP contribution in [0.5, 0.6) is 0 Å². The molecule has 1 aliphatic rings. The van der Waals surface area contributed by atoms with Gasteiger partial charge in [-0.15, -0.1) is 0 Å². The second-order valence-electron chi connectivity index (χ2n) is 10.2. The molecule has 1 amide bonds. The van der Waals surface area contributed by atoms with Crippen LogP contribution in [0, 0.1) is 23.2 Å². The van der Waals surface area contributed by atoms with Gasteiger partial charge in [-0.25, -0.2) is 5.48 Å². The lowest BCUT2D eigenvalue weighted by atomic mass is 9.79. The zero-order chi connectivity index (χ0) is 23.4. The fourth-order valence-electron chi connectivity index (χ4n) is 4.28. The van der Waals surface area contributed by atoms with Crippen molar-refractivity contribution in [3.8, 4) is 11.8 Å². The number of carbonyl (C=O) groups excluding carboxylic acids is 1. The van der Waals surface area contributed by atoms with Crippen molar-refractivity contribution < 1.29 is 10.0 Å². The molecule has 5 heteroatoms. The largest absolute Gasteiger partial charge is 0.361 e. The van der Waals surface area contributed by atoms with E-state index in [1.165, 1.54) is 22.0 Å². The van der Waals surface area contributed by atoms with Gasteiger partial charge in [0, 0.05) is 30.2 Å². The number of carbonyl (C=O) groups is 1. The monoisotopic (exact) mass is 443 g/mol. The number of aromatic nitrogens is 1. The number of benzene rings is 2. The van der Waals surface area contributed by atoms with Gasteiger partial charge in [-0.2, -0.15) is 0 Å². The van der Waals surface area contributed by atoms with Crippen LogP contribution in [0.2, 0.25) is 0 Å². The van der Waals surface area contributed by atoms with Gasteiger partial charge in [-0.1, -0.05) is 75.1 Å². The molecule has 33 heavy (non-hydrogen) atoms. The lowest BCUT2D eigenvalue weighted by Crippen LogP contribution is -2.34. The first-order chi connectivity index (χ1) is 15.8. The van der Waals surface area contributed by atoms with E-state index in [0.29, 0.717) is 0 Å². The first-order valence-corrected chi connectivity index (χ1v) is 11.7. The SMILES string of the molecule is CC(C)(C)CCN(CCc1c[nH]c2ccccc12)Cc1ccc(C2C#CC2C(=O)NO)cc1. The van der Waals surface area contributed by atoms with Gasteiger partial charge < -0.3 is 4.98 Å². The molecular weight excluding hydrogens is 410 g/mol. The second kappa shape index (κ2) is 9.82. The van der Waals surface area contributed by atoms with Gasteiger partial charge in [-0.3, -0.25) is 14.9 Å². The van der Waals surface area contributed by atoms with E-state index < -0.39 is 11.8 Å². The van der Waals surface area contributed by atoms with E-state index in [1.54, 1.807) is 5.48 Å². The molecule has 5 nitrogen and oxygen atoms in total. The van der Waals surface area contributed by atoms with Gasteiger partial charge in [0.1, 0.15) is 5.92 Å². The first-order valence-electron chi connectivity index (χ1n) is 11.7. The van der Waals surface area contributed by atoms with Crippen LogP contribution >= 0.6 is 0 Å². The van der Waals surface area contributed by atoms with E-state index in [0.717, 1.165) is 38.0 Å². The van der Waals surface area contributed by atoms with E-state index in [9.17, 15) is 4.79 Å². The van der Waals surface area contributed by atoms with E-state index in [4.69, 9.17) is 5.21 Å². The van der Waals surface area contributed by atoms with Gasteiger partial charge in [0.05, 0.1) is 5.92 Å². The fourth-order valence-corrected chi connectivity index (χ4v) is 4.28. The molecule has 2 aromatic carbocycles. The number of hydrogen-bond acceptors (Lipinski definition) is 3. The van der Waals surface area contributed by atoms with E-state index in [-0.39, 0.29) is 11.3 Å². The molecule has 3 aromatic rings. The van der Waals surface area contributed by atoms with Crippen molar-refractivity contribution in [2.75, 3.05) is 13.1 Å². The molecule has 1 heterocycles. The third-order valence-corrected chi connectivity index (χ3v) is 6.42. The molecular formula is C28H33N3O2. The summed E-state index contributed by atoms with van der Waals surface area (Å²) in [6.45, 7) is 9.79. The summed E-state index contributed by atoms with van der Waals surface area (Å²) >= 11 is 0. The number of rotatable bonds is 9. The van der Waals surface area contributed by atoms with Crippen LogP contribution in [0.15, 0.2) is 54.7 Å². The van der Waals surface area contributed by atoms with Crippen LogP contribution in [0.4, 0.5) is 0 Å². The number of amides is 1. The zero-order valence-corrected chi connectivity index (χ0v) is 19.7. The molecule has 0 saturated heterocycles. The number of nitrogens with zero attached hydrogens (tertiary/aromatic N) is 1. The molecule has 2 atom stereocenters. The number of nitrogens with one attached hydrogen (secondary N) is 2. The Hall–Kier alpha value is -3.07. The van der Waals surface area contributed by atoms with Gasteiger partial charge in [0.2, 0.25) is 0 Å². The topological polar surface area (TPSA) is 68.4 Å². The maximum atomic E-state index is 11.7.